The standard InChI is InChI=1S/C14H18N2O4/c1-16(10-4-3-5-11(8-10)20-2)14(19)15-12(13(17)18)9-6-7-9/h3-5,8-9,12H,6-7H2,1-2H3,(H,15,19)(H,17,18). The average Bonchev–Trinajstić information content (AvgIpc) is 3.27. The van der Waals surface area contributed by atoms with Crippen molar-refractivity contribution in [2.75, 3.05) is 19.1 Å². The van der Waals surface area contributed by atoms with E-state index in [2.05, 4.69) is 5.32 Å². The van der Waals surface area contributed by atoms with Crippen LogP contribution in [0.15, 0.2) is 24.3 Å². The summed E-state index contributed by atoms with van der Waals surface area (Å²) in [6.45, 7) is 0. The molecule has 0 aromatic heterocycles. The van der Waals surface area contributed by atoms with Crippen molar-refractivity contribution in [3.63, 3.8) is 0 Å². The highest BCUT2D eigenvalue weighted by molar-refractivity contribution is 5.94. The van der Waals surface area contributed by atoms with Gasteiger partial charge in [-0.2, -0.15) is 0 Å². The predicted molar refractivity (Wildman–Crippen MR) is 74.1 cm³/mol. The number of carboxylic acids is 1. The van der Waals surface area contributed by atoms with Gasteiger partial charge in [0.25, 0.3) is 0 Å². The van der Waals surface area contributed by atoms with E-state index in [0.29, 0.717) is 11.4 Å². The van der Waals surface area contributed by atoms with Gasteiger partial charge in [-0.05, 0) is 30.9 Å². The number of benzene rings is 1. The SMILES string of the molecule is COc1cccc(N(C)C(=O)NC(C(=O)O)C2CC2)c1. The molecule has 1 fully saturated rings. The van der Waals surface area contributed by atoms with Crippen LogP contribution in [0.1, 0.15) is 12.8 Å². The van der Waals surface area contributed by atoms with E-state index in [4.69, 9.17) is 9.84 Å². The Morgan fingerprint density at radius 3 is 2.70 bits per heavy atom. The number of amides is 2. The fourth-order valence-electron chi connectivity index (χ4n) is 1.98. The number of hydrogen-bond donors (Lipinski definition) is 2. The van der Waals surface area contributed by atoms with Crippen LogP contribution in [-0.4, -0.2) is 37.3 Å². The molecule has 1 unspecified atom stereocenters. The lowest BCUT2D eigenvalue weighted by atomic mass is 10.2. The molecule has 0 radical (unpaired) electrons. The molecule has 1 saturated carbocycles. The van der Waals surface area contributed by atoms with Gasteiger partial charge >= 0.3 is 12.0 Å². The molecule has 1 aliphatic carbocycles. The molecule has 1 aromatic rings. The Hall–Kier alpha value is -2.24. The summed E-state index contributed by atoms with van der Waals surface area (Å²) in [5, 5.41) is 11.7. The number of carbonyl (C=O) groups is 2. The number of methoxy groups -OCH3 is 1. The van der Waals surface area contributed by atoms with E-state index in [9.17, 15) is 9.59 Å². The maximum Gasteiger partial charge on any atom is 0.326 e. The van der Waals surface area contributed by atoms with Gasteiger partial charge < -0.3 is 15.2 Å². The minimum absolute atomic E-state index is 0.0511. The lowest BCUT2D eigenvalue weighted by Crippen LogP contribution is -2.47. The van der Waals surface area contributed by atoms with Gasteiger partial charge in [-0.3, -0.25) is 4.90 Å². The molecule has 1 aliphatic rings. The summed E-state index contributed by atoms with van der Waals surface area (Å²) in [6.07, 6.45) is 1.69. The topological polar surface area (TPSA) is 78.9 Å². The van der Waals surface area contributed by atoms with E-state index >= 15 is 0 Å². The fourth-order valence-corrected chi connectivity index (χ4v) is 1.98. The molecule has 2 N–H and O–H groups in total. The largest absolute Gasteiger partial charge is 0.497 e. The van der Waals surface area contributed by atoms with Gasteiger partial charge in [0.05, 0.1) is 7.11 Å². The Kier molecular flexibility index (Phi) is 4.12. The van der Waals surface area contributed by atoms with Crippen LogP contribution in [0.4, 0.5) is 10.5 Å². The average molecular weight is 278 g/mol. The first-order valence-electron chi connectivity index (χ1n) is 6.44. The maximum absolute atomic E-state index is 12.1. The molecule has 2 amide bonds. The smallest absolute Gasteiger partial charge is 0.326 e. The number of nitrogens with one attached hydrogen (secondary N) is 1. The van der Waals surface area contributed by atoms with Crippen LogP contribution < -0.4 is 15.0 Å². The summed E-state index contributed by atoms with van der Waals surface area (Å²) < 4.78 is 5.10. The van der Waals surface area contributed by atoms with E-state index in [0.717, 1.165) is 12.8 Å². The minimum atomic E-state index is -0.986. The molecular formula is C14H18N2O4. The second-order valence-electron chi connectivity index (χ2n) is 4.86. The number of rotatable bonds is 5. The van der Waals surface area contributed by atoms with Crippen LogP contribution in [0.2, 0.25) is 0 Å². The Balaban J connectivity index is 2.05. The fraction of sp³-hybridized carbons (Fsp3) is 0.429. The normalized spacial score (nSPS) is 15.3. The van der Waals surface area contributed by atoms with Gasteiger partial charge in [0, 0.05) is 18.8 Å². The number of ether oxygens (including phenoxy) is 1. The first-order valence-corrected chi connectivity index (χ1v) is 6.44. The summed E-state index contributed by atoms with van der Waals surface area (Å²) in [5.74, 6) is -0.297. The molecule has 6 heteroatoms. The summed E-state index contributed by atoms with van der Waals surface area (Å²) in [6, 6.07) is 5.78. The van der Waals surface area contributed by atoms with Crippen molar-refractivity contribution in [2.45, 2.75) is 18.9 Å². The Morgan fingerprint density at radius 2 is 2.15 bits per heavy atom. The molecule has 20 heavy (non-hydrogen) atoms. The van der Waals surface area contributed by atoms with Crippen LogP contribution in [0.3, 0.4) is 0 Å². The van der Waals surface area contributed by atoms with Crippen molar-refractivity contribution in [1.82, 2.24) is 5.32 Å². The van der Waals surface area contributed by atoms with Crippen LogP contribution in [-0.2, 0) is 4.79 Å². The molecule has 0 spiro atoms. The van der Waals surface area contributed by atoms with Gasteiger partial charge in [-0.1, -0.05) is 6.07 Å². The zero-order valence-corrected chi connectivity index (χ0v) is 11.5. The van der Waals surface area contributed by atoms with Crippen molar-refractivity contribution in [1.29, 1.82) is 0 Å². The number of hydrogen-bond acceptors (Lipinski definition) is 3. The number of aliphatic carboxylic acids is 1. The van der Waals surface area contributed by atoms with Crippen LogP contribution in [0.5, 0.6) is 5.75 Å². The molecule has 0 saturated heterocycles. The van der Waals surface area contributed by atoms with E-state index in [1.807, 2.05) is 0 Å². The molecule has 0 aliphatic heterocycles. The third kappa shape index (κ3) is 3.20. The molecule has 1 atom stereocenters. The van der Waals surface area contributed by atoms with E-state index < -0.39 is 18.0 Å². The Morgan fingerprint density at radius 1 is 1.45 bits per heavy atom. The monoisotopic (exact) mass is 278 g/mol. The highest BCUT2D eigenvalue weighted by atomic mass is 16.5. The third-order valence-electron chi connectivity index (χ3n) is 3.38. The van der Waals surface area contributed by atoms with Crippen molar-refractivity contribution < 1.29 is 19.4 Å². The Bertz CT molecular complexity index is 514. The molecule has 6 nitrogen and oxygen atoms in total. The lowest BCUT2D eigenvalue weighted by molar-refractivity contribution is -0.139. The van der Waals surface area contributed by atoms with Crippen LogP contribution in [0, 0.1) is 5.92 Å². The highest BCUT2D eigenvalue weighted by Gasteiger charge is 2.37. The van der Waals surface area contributed by atoms with Gasteiger partial charge in [0.15, 0.2) is 0 Å². The van der Waals surface area contributed by atoms with Gasteiger partial charge in [0.2, 0.25) is 0 Å². The zero-order chi connectivity index (χ0) is 14.7. The first-order chi connectivity index (χ1) is 9.52. The quantitative estimate of drug-likeness (QED) is 0.859. The van der Waals surface area contributed by atoms with E-state index in [1.165, 1.54) is 4.90 Å². The van der Waals surface area contributed by atoms with Gasteiger partial charge in [-0.15, -0.1) is 0 Å². The predicted octanol–water partition coefficient (Wildman–Crippen LogP) is 1.70. The second kappa shape index (κ2) is 5.81. The first kappa shape index (κ1) is 14.2. The lowest BCUT2D eigenvalue weighted by Gasteiger charge is -2.21. The Labute approximate surface area is 117 Å². The summed E-state index contributed by atoms with van der Waals surface area (Å²) in [4.78, 5) is 24.6. The van der Waals surface area contributed by atoms with Gasteiger partial charge in [0.1, 0.15) is 11.8 Å². The van der Waals surface area contributed by atoms with Crippen molar-refractivity contribution in [3.05, 3.63) is 24.3 Å². The zero-order valence-electron chi connectivity index (χ0n) is 11.5. The molecule has 0 bridgehead atoms. The molecule has 1 aromatic carbocycles. The van der Waals surface area contributed by atoms with Crippen molar-refractivity contribution in [2.24, 2.45) is 5.92 Å². The molecular weight excluding hydrogens is 260 g/mol. The van der Waals surface area contributed by atoms with Crippen molar-refractivity contribution in [3.8, 4) is 5.75 Å². The number of carbonyl (C=O) groups excluding carboxylic acids is 1. The second-order valence-corrected chi connectivity index (χ2v) is 4.86. The number of carboxylic acid groups (broad SMARTS) is 1. The van der Waals surface area contributed by atoms with Crippen molar-refractivity contribution >= 4 is 17.7 Å². The number of anilines is 1. The van der Waals surface area contributed by atoms with Gasteiger partial charge in [-0.25, -0.2) is 9.59 Å². The number of urea groups is 1. The van der Waals surface area contributed by atoms with E-state index in [-0.39, 0.29) is 5.92 Å². The van der Waals surface area contributed by atoms with Crippen LogP contribution in [0.25, 0.3) is 0 Å². The highest BCUT2D eigenvalue weighted by Crippen LogP contribution is 2.33. The summed E-state index contributed by atoms with van der Waals surface area (Å²) in [5.41, 5.74) is 0.641. The van der Waals surface area contributed by atoms with Crippen LogP contribution >= 0.6 is 0 Å². The summed E-state index contributed by atoms with van der Waals surface area (Å²) >= 11 is 0. The maximum atomic E-state index is 12.1. The number of nitrogens with zero attached hydrogens (tertiary/aromatic N) is 1. The summed E-state index contributed by atoms with van der Waals surface area (Å²) in [7, 11) is 3.14. The third-order valence-corrected chi connectivity index (χ3v) is 3.38. The molecule has 2 rings (SSSR count). The van der Waals surface area contributed by atoms with E-state index in [1.54, 1.807) is 38.4 Å². The minimum Gasteiger partial charge on any atom is -0.497 e. The molecule has 108 valence electrons. The molecule has 0 heterocycles.